The van der Waals surface area contributed by atoms with E-state index in [9.17, 15) is 13.2 Å². The molecule has 2 rings (SSSR count). The molecule has 1 heterocycles. The Bertz CT molecular complexity index is 746. The molecule has 0 radical (unpaired) electrons. The highest BCUT2D eigenvalue weighted by Gasteiger charge is 2.33. The van der Waals surface area contributed by atoms with Crippen LogP contribution in [0.3, 0.4) is 0 Å². The second-order valence-electron chi connectivity index (χ2n) is 7.93. The van der Waals surface area contributed by atoms with E-state index in [1.165, 1.54) is 9.87 Å². The SMILES string of the molecule is CC(C)(C)N(CC(=O)N1CCN(C/C=C/c2ccccc2)CC1)S(C)(=O)=O. The predicted octanol–water partition coefficient (Wildman–Crippen LogP) is 1.90. The number of piperazine rings is 1. The standard InChI is InChI=1S/C20H31N3O3S/c1-20(2,3)23(27(4,25)26)17-19(24)22-15-13-21(14-16-22)12-8-11-18-9-6-5-7-10-18/h5-11H,12-17H2,1-4H3/b11-8+. The fourth-order valence-corrected chi connectivity index (χ4v) is 4.50. The molecule has 0 atom stereocenters. The molecule has 0 aromatic heterocycles. The third-order valence-electron chi connectivity index (χ3n) is 4.63. The molecule has 7 heteroatoms. The lowest BCUT2D eigenvalue weighted by molar-refractivity contribution is -0.133. The molecule has 0 spiro atoms. The first-order chi connectivity index (χ1) is 12.6. The van der Waals surface area contributed by atoms with Gasteiger partial charge in [-0.05, 0) is 26.3 Å². The van der Waals surface area contributed by atoms with Crippen LogP contribution >= 0.6 is 0 Å². The molecule has 0 saturated carbocycles. The van der Waals surface area contributed by atoms with E-state index in [1.807, 2.05) is 18.2 Å². The van der Waals surface area contributed by atoms with Crippen LogP contribution in [0.1, 0.15) is 26.3 Å². The van der Waals surface area contributed by atoms with Crippen molar-refractivity contribution < 1.29 is 13.2 Å². The molecule has 0 bridgehead atoms. The van der Waals surface area contributed by atoms with Crippen molar-refractivity contribution in [1.29, 1.82) is 0 Å². The second kappa shape index (κ2) is 8.99. The number of sulfonamides is 1. The van der Waals surface area contributed by atoms with E-state index in [2.05, 4.69) is 29.2 Å². The van der Waals surface area contributed by atoms with E-state index < -0.39 is 15.6 Å². The van der Waals surface area contributed by atoms with Gasteiger partial charge in [0.1, 0.15) is 0 Å². The van der Waals surface area contributed by atoms with E-state index >= 15 is 0 Å². The highest BCUT2D eigenvalue weighted by molar-refractivity contribution is 7.88. The fourth-order valence-electron chi connectivity index (χ4n) is 3.16. The molecule has 1 aliphatic heterocycles. The predicted molar refractivity (Wildman–Crippen MR) is 110 cm³/mol. The lowest BCUT2D eigenvalue weighted by Gasteiger charge is -2.37. The van der Waals surface area contributed by atoms with Gasteiger partial charge < -0.3 is 4.90 Å². The lowest BCUT2D eigenvalue weighted by Crippen LogP contribution is -2.54. The van der Waals surface area contributed by atoms with E-state index in [-0.39, 0.29) is 12.5 Å². The zero-order valence-corrected chi connectivity index (χ0v) is 17.6. The van der Waals surface area contributed by atoms with Crippen LogP contribution in [0.2, 0.25) is 0 Å². The summed E-state index contributed by atoms with van der Waals surface area (Å²) in [7, 11) is -3.44. The summed E-state index contributed by atoms with van der Waals surface area (Å²) in [4.78, 5) is 16.7. The van der Waals surface area contributed by atoms with Crippen LogP contribution in [0.5, 0.6) is 0 Å². The number of carbonyl (C=O) groups excluding carboxylic acids is 1. The number of nitrogens with zero attached hydrogens (tertiary/aromatic N) is 3. The zero-order chi connectivity index (χ0) is 20.1. The largest absolute Gasteiger partial charge is 0.339 e. The van der Waals surface area contributed by atoms with E-state index in [0.29, 0.717) is 13.1 Å². The topological polar surface area (TPSA) is 60.9 Å². The Hall–Kier alpha value is -1.70. The molecule has 0 unspecified atom stereocenters. The Labute approximate surface area is 163 Å². The molecule has 1 aromatic carbocycles. The maximum atomic E-state index is 12.6. The van der Waals surface area contributed by atoms with Gasteiger partial charge in [-0.25, -0.2) is 8.42 Å². The number of amides is 1. The summed E-state index contributed by atoms with van der Waals surface area (Å²) < 4.78 is 25.3. The molecule has 1 amide bonds. The van der Waals surface area contributed by atoms with Gasteiger partial charge in [-0.15, -0.1) is 0 Å². The van der Waals surface area contributed by atoms with Crippen LogP contribution in [0.25, 0.3) is 6.08 Å². The Morgan fingerprint density at radius 2 is 1.70 bits per heavy atom. The summed E-state index contributed by atoms with van der Waals surface area (Å²) in [6.07, 6.45) is 5.39. The molecular weight excluding hydrogens is 362 g/mol. The van der Waals surface area contributed by atoms with Gasteiger partial charge in [-0.1, -0.05) is 42.5 Å². The van der Waals surface area contributed by atoms with Crippen LogP contribution in [-0.2, 0) is 14.8 Å². The van der Waals surface area contributed by atoms with Crippen molar-refractivity contribution in [2.45, 2.75) is 26.3 Å². The second-order valence-corrected chi connectivity index (χ2v) is 9.84. The minimum atomic E-state index is -3.44. The summed E-state index contributed by atoms with van der Waals surface area (Å²) in [5, 5.41) is 0. The van der Waals surface area contributed by atoms with Crippen LogP contribution in [0.15, 0.2) is 36.4 Å². The van der Waals surface area contributed by atoms with Gasteiger partial charge in [0.05, 0.1) is 12.8 Å². The zero-order valence-electron chi connectivity index (χ0n) is 16.8. The quantitative estimate of drug-likeness (QED) is 0.741. The van der Waals surface area contributed by atoms with Gasteiger partial charge in [0.25, 0.3) is 0 Å². The van der Waals surface area contributed by atoms with Crippen LogP contribution in [0, 0.1) is 0 Å². The third kappa shape index (κ3) is 6.75. The van der Waals surface area contributed by atoms with Gasteiger partial charge in [-0.3, -0.25) is 9.69 Å². The molecule has 1 aromatic rings. The van der Waals surface area contributed by atoms with Crippen molar-refractivity contribution in [2.75, 3.05) is 45.5 Å². The maximum absolute atomic E-state index is 12.6. The number of hydrogen-bond donors (Lipinski definition) is 0. The average Bonchev–Trinajstić information content (AvgIpc) is 2.59. The van der Waals surface area contributed by atoms with Gasteiger partial charge in [0.2, 0.25) is 15.9 Å². The van der Waals surface area contributed by atoms with Crippen LogP contribution in [-0.4, -0.2) is 79.5 Å². The summed E-state index contributed by atoms with van der Waals surface area (Å²) in [5.74, 6) is -0.130. The molecule has 6 nitrogen and oxygen atoms in total. The van der Waals surface area contributed by atoms with Crippen molar-refractivity contribution in [3.05, 3.63) is 42.0 Å². The molecule has 1 fully saturated rings. The summed E-state index contributed by atoms with van der Waals surface area (Å²) >= 11 is 0. The minimum absolute atomic E-state index is 0.101. The molecule has 0 aliphatic carbocycles. The Kier molecular flexibility index (Phi) is 7.19. The van der Waals surface area contributed by atoms with Gasteiger partial charge in [0, 0.05) is 38.3 Å². The van der Waals surface area contributed by atoms with Gasteiger partial charge >= 0.3 is 0 Å². The smallest absolute Gasteiger partial charge is 0.238 e. The Balaban J connectivity index is 1.84. The van der Waals surface area contributed by atoms with E-state index in [4.69, 9.17) is 0 Å². The van der Waals surface area contributed by atoms with Crippen LogP contribution < -0.4 is 0 Å². The first kappa shape index (κ1) is 21.6. The molecule has 1 saturated heterocycles. The number of carbonyl (C=O) groups is 1. The van der Waals surface area contributed by atoms with Crippen molar-refractivity contribution in [3.63, 3.8) is 0 Å². The maximum Gasteiger partial charge on any atom is 0.238 e. The Morgan fingerprint density at radius 1 is 1.11 bits per heavy atom. The molecule has 150 valence electrons. The lowest BCUT2D eigenvalue weighted by atomic mass is 10.1. The summed E-state index contributed by atoms with van der Waals surface area (Å²) in [6, 6.07) is 10.2. The molecule has 1 aliphatic rings. The normalized spacial score (nSPS) is 17.0. The number of hydrogen-bond acceptors (Lipinski definition) is 4. The van der Waals surface area contributed by atoms with Gasteiger partial charge in [-0.2, -0.15) is 4.31 Å². The average molecular weight is 394 g/mol. The van der Waals surface area contributed by atoms with E-state index in [1.54, 1.807) is 25.7 Å². The van der Waals surface area contributed by atoms with Crippen molar-refractivity contribution in [2.24, 2.45) is 0 Å². The number of rotatable bonds is 6. The summed E-state index contributed by atoms with van der Waals surface area (Å²) in [5.41, 5.74) is 0.558. The van der Waals surface area contributed by atoms with Crippen molar-refractivity contribution in [3.8, 4) is 0 Å². The molecular formula is C20H31N3O3S. The minimum Gasteiger partial charge on any atom is -0.339 e. The summed E-state index contributed by atoms with van der Waals surface area (Å²) in [6.45, 7) is 8.98. The Morgan fingerprint density at radius 3 is 2.22 bits per heavy atom. The van der Waals surface area contributed by atoms with E-state index in [0.717, 1.165) is 25.9 Å². The van der Waals surface area contributed by atoms with Crippen molar-refractivity contribution >= 4 is 22.0 Å². The third-order valence-corrected chi connectivity index (χ3v) is 6.10. The molecule has 27 heavy (non-hydrogen) atoms. The monoisotopic (exact) mass is 393 g/mol. The fraction of sp³-hybridized carbons (Fsp3) is 0.550. The van der Waals surface area contributed by atoms with Crippen molar-refractivity contribution in [1.82, 2.24) is 14.1 Å². The number of benzene rings is 1. The molecule has 0 N–H and O–H groups in total. The van der Waals surface area contributed by atoms with Gasteiger partial charge in [0.15, 0.2) is 0 Å². The first-order valence-electron chi connectivity index (χ1n) is 9.27. The highest BCUT2D eigenvalue weighted by Crippen LogP contribution is 2.17. The highest BCUT2D eigenvalue weighted by atomic mass is 32.2. The van der Waals surface area contributed by atoms with Crippen LogP contribution in [0.4, 0.5) is 0 Å². The first-order valence-corrected chi connectivity index (χ1v) is 11.1.